The average molecular weight is 475 g/mol. The minimum atomic E-state index is -0.488. The second-order valence-electron chi connectivity index (χ2n) is 5.72. The molecule has 30 heavy (non-hydrogen) atoms. The Hall–Kier alpha value is -3.73. The number of anilines is 3. The van der Waals surface area contributed by atoms with E-state index in [1.165, 1.54) is 43.9 Å². The molecule has 0 unspecified atom stereocenters. The van der Waals surface area contributed by atoms with Crippen molar-refractivity contribution in [3.05, 3.63) is 64.6 Å². The zero-order valence-electron chi connectivity index (χ0n) is 15.6. The first-order valence-corrected chi connectivity index (χ1v) is 9.23. The minimum absolute atomic E-state index is 0.176. The Bertz CT molecular complexity index is 1080. The third-order valence-corrected chi connectivity index (χ3v) is 4.33. The van der Waals surface area contributed by atoms with Gasteiger partial charge >= 0.3 is 6.03 Å². The maximum absolute atomic E-state index is 13.0. The topological polar surface area (TPSA) is 124 Å². The zero-order valence-corrected chi connectivity index (χ0v) is 17.2. The van der Waals surface area contributed by atoms with Gasteiger partial charge in [0.2, 0.25) is 5.88 Å². The van der Waals surface area contributed by atoms with Gasteiger partial charge in [0.15, 0.2) is 0 Å². The van der Waals surface area contributed by atoms with E-state index >= 15 is 0 Å². The number of urea groups is 1. The molecule has 2 aromatic carbocycles. The van der Waals surface area contributed by atoms with Crippen molar-refractivity contribution in [1.29, 1.82) is 0 Å². The molecule has 0 aliphatic carbocycles. The number of carbonyl (C=O) groups excluding carboxylic acids is 1. The summed E-state index contributed by atoms with van der Waals surface area (Å²) in [5.74, 6) is 0.401. The largest absolute Gasteiger partial charge is 0.438 e. The zero-order chi connectivity index (χ0) is 21.5. The van der Waals surface area contributed by atoms with E-state index in [0.29, 0.717) is 27.2 Å². The Morgan fingerprint density at radius 1 is 1.20 bits per heavy atom. The van der Waals surface area contributed by atoms with Crippen LogP contribution in [-0.2, 0) is 4.84 Å². The number of benzene rings is 2. The second-order valence-corrected chi connectivity index (χ2v) is 6.58. The van der Waals surface area contributed by atoms with Gasteiger partial charge in [-0.15, -0.1) is 0 Å². The molecule has 1 aromatic heterocycles. The standard InChI is InChI=1S/C19H16BrFN6O3/c1-29-25-9-14-17(22)23-10-24-18(14)30-13-6-7-16(15(20)8-13)27-19(28)26-12-4-2-11(21)3-5-12/h2-10H,1H3,(H2,22,23,24)(H2,26,27,28). The van der Waals surface area contributed by atoms with Crippen molar-refractivity contribution >= 4 is 45.4 Å². The molecule has 0 aliphatic heterocycles. The van der Waals surface area contributed by atoms with Crippen LogP contribution in [0, 0.1) is 5.82 Å². The molecule has 11 heteroatoms. The molecule has 0 fully saturated rings. The van der Waals surface area contributed by atoms with Crippen LogP contribution in [0.3, 0.4) is 0 Å². The molecule has 0 radical (unpaired) electrons. The van der Waals surface area contributed by atoms with Crippen LogP contribution >= 0.6 is 15.9 Å². The van der Waals surface area contributed by atoms with Gasteiger partial charge in [0.25, 0.3) is 0 Å². The lowest BCUT2D eigenvalue weighted by Crippen LogP contribution is -2.19. The first-order valence-electron chi connectivity index (χ1n) is 8.44. The summed E-state index contributed by atoms with van der Waals surface area (Å²) >= 11 is 3.38. The highest BCUT2D eigenvalue weighted by atomic mass is 79.9. The number of nitrogens with two attached hydrogens (primary N) is 1. The maximum atomic E-state index is 13.0. The van der Waals surface area contributed by atoms with Crippen molar-refractivity contribution in [3.63, 3.8) is 0 Å². The van der Waals surface area contributed by atoms with Gasteiger partial charge < -0.3 is 25.9 Å². The summed E-state index contributed by atoms with van der Waals surface area (Å²) in [5.41, 5.74) is 7.14. The van der Waals surface area contributed by atoms with Crippen LogP contribution in [0.2, 0.25) is 0 Å². The molecule has 1 heterocycles. The summed E-state index contributed by atoms with van der Waals surface area (Å²) in [4.78, 5) is 24.8. The molecular weight excluding hydrogens is 459 g/mol. The van der Waals surface area contributed by atoms with Crippen molar-refractivity contribution in [1.82, 2.24) is 9.97 Å². The van der Waals surface area contributed by atoms with Gasteiger partial charge in [0, 0.05) is 10.2 Å². The molecule has 0 saturated carbocycles. The number of rotatable bonds is 6. The molecule has 0 atom stereocenters. The summed E-state index contributed by atoms with van der Waals surface area (Å²) in [6.07, 6.45) is 2.61. The van der Waals surface area contributed by atoms with Crippen molar-refractivity contribution in [2.75, 3.05) is 23.5 Å². The van der Waals surface area contributed by atoms with Crippen molar-refractivity contribution in [3.8, 4) is 11.6 Å². The summed E-state index contributed by atoms with van der Waals surface area (Å²) < 4.78 is 19.3. The lowest BCUT2D eigenvalue weighted by atomic mass is 10.3. The Balaban J connectivity index is 1.71. The van der Waals surface area contributed by atoms with Gasteiger partial charge in [0.1, 0.15) is 36.4 Å². The third kappa shape index (κ3) is 5.41. The predicted molar refractivity (Wildman–Crippen MR) is 114 cm³/mol. The fraction of sp³-hybridized carbons (Fsp3) is 0.0526. The van der Waals surface area contributed by atoms with Gasteiger partial charge in [-0.1, -0.05) is 5.16 Å². The molecular formula is C19H16BrFN6O3. The second kappa shape index (κ2) is 9.65. The fourth-order valence-corrected chi connectivity index (χ4v) is 2.75. The summed E-state index contributed by atoms with van der Waals surface area (Å²) in [6, 6.07) is 9.84. The van der Waals surface area contributed by atoms with Crippen LogP contribution in [0.15, 0.2) is 58.4 Å². The maximum Gasteiger partial charge on any atom is 0.323 e. The predicted octanol–water partition coefficient (Wildman–Crippen LogP) is 4.38. The number of nitrogen functional groups attached to an aromatic ring is 1. The first kappa shape index (κ1) is 21.0. The number of ether oxygens (including phenoxy) is 1. The van der Waals surface area contributed by atoms with E-state index in [2.05, 4.69) is 46.5 Å². The minimum Gasteiger partial charge on any atom is -0.438 e. The number of oxime groups is 1. The first-order chi connectivity index (χ1) is 14.5. The smallest absolute Gasteiger partial charge is 0.323 e. The Morgan fingerprint density at radius 3 is 2.67 bits per heavy atom. The van der Waals surface area contributed by atoms with E-state index in [-0.39, 0.29) is 17.5 Å². The molecule has 0 aliphatic rings. The molecule has 0 spiro atoms. The number of aromatic nitrogens is 2. The number of hydrogen-bond acceptors (Lipinski definition) is 7. The van der Waals surface area contributed by atoms with Crippen LogP contribution in [0.5, 0.6) is 11.6 Å². The Kier molecular flexibility index (Phi) is 6.75. The van der Waals surface area contributed by atoms with E-state index < -0.39 is 6.03 Å². The third-order valence-electron chi connectivity index (χ3n) is 3.67. The number of carbonyl (C=O) groups is 1. The Morgan fingerprint density at radius 2 is 1.97 bits per heavy atom. The van der Waals surface area contributed by atoms with Crippen LogP contribution < -0.4 is 21.1 Å². The van der Waals surface area contributed by atoms with Gasteiger partial charge in [-0.2, -0.15) is 0 Å². The quantitative estimate of drug-likeness (QED) is 0.359. The highest BCUT2D eigenvalue weighted by molar-refractivity contribution is 9.10. The van der Waals surface area contributed by atoms with Gasteiger partial charge in [0.05, 0.1) is 11.9 Å². The number of hydrogen-bond donors (Lipinski definition) is 3. The van der Waals surface area contributed by atoms with E-state index in [0.717, 1.165) is 0 Å². The summed E-state index contributed by atoms with van der Waals surface area (Å²) in [7, 11) is 1.39. The summed E-state index contributed by atoms with van der Waals surface area (Å²) in [5, 5.41) is 8.95. The normalized spacial score (nSPS) is 10.6. The van der Waals surface area contributed by atoms with Crippen molar-refractivity contribution < 1.29 is 18.8 Å². The molecule has 3 rings (SSSR count). The van der Waals surface area contributed by atoms with E-state index in [4.69, 9.17) is 10.5 Å². The molecule has 154 valence electrons. The van der Waals surface area contributed by atoms with Crippen LogP contribution in [0.4, 0.5) is 26.4 Å². The summed E-state index contributed by atoms with van der Waals surface area (Å²) in [6.45, 7) is 0. The highest BCUT2D eigenvalue weighted by Gasteiger charge is 2.12. The van der Waals surface area contributed by atoms with Gasteiger partial charge in [-0.25, -0.2) is 19.2 Å². The van der Waals surface area contributed by atoms with Crippen LogP contribution in [0.1, 0.15) is 5.56 Å². The fourth-order valence-electron chi connectivity index (χ4n) is 2.29. The van der Waals surface area contributed by atoms with Gasteiger partial charge in [-0.05, 0) is 58.4 Å². The van der Waals surface area contributed by atoms with E-state index in [1.54, 1.807) is 18.2 Å². The number of nitrogens with one attached hydrogen (secondary N) is 2. The molecule has 3 aromatic rings. The number of amides is 2. The highest BCUT2D eigenvalue weighted by Crippen LogP contribution is 2.31. The van der Waals surface area contributed by atoms with E-state index in [1.807, 2.05) is 0 Å². The number of nitrogens with zero attached hydrogens (tertiary/aromatic N) is 3. The van der Waals surface area contributed by atoms with Gasteiger partial charge in [-0.3, -0.25) is 0 Å². The van der Waals surface area contributed by atoms with Crippen molar-refractivity contribution in [2.24, 2.45) is 5.16 Å². The molecule has 9 nitrogen and oxygen atoms in total. The molecule has 0 bridgehead atoms. The number of halogens is 2. The van der Waals surface area contributed by atoms with Crippen molar-refractivity contribution in [2.45, 2.75) is 0 Å². The average Bonchev–Trinajstić information content (AvgIpc) is 2.71. The SMILES string of the molecule is CON=Cc1c(N)ncnc1Oc1ccc(NC(=O)Nc2ccc(F)cc2)c(Br)c1. The molecule has 0 saturated heterocycles. The van der Waals surface area contributed by atoms with Crippen LogP contribution in [0.25, 0.3) is 0 Å². The van der Waals surface area contributed by atoms with E-state index in [9.17, 15) is 9.18 Å². The molecule has 4 N–H and O–H groups in total. The lowest BCUT2D eigenvalue weighted by Gasteiger charge is -2.12. The Labute approximate surface area is 179 Å². The monoisotopic (exact) mass is 474 g/mol. The van der Waals surface area contributed by atoms with Crippen LogP contribution in [-0.4, -0.2) is 29.3 Å². The lowest BCUT2D eigenvalue weighted by molar-refractivity contribution is 0.215. The molecule has 2 amide bonds.